The summed E-state index contributed by atoms with van der Waals surface area (Å²) in [6.45, 7) is 10.9. The van der Waals surface area contributed by atoms with E-state index < -0.39 is 23.8 Å². The fraction of sp³-hybridized carbons (Fsp3) is 0.591. The first-order valence-electron chi connectivity index (χ1n) is 9.73. The van der Waals surface area contributed by atoms with Crippen LogP contribution in [0, 0.1) is 5.92 Å². The number of ketones is 1. The highest BCUT2D eigenvalue weighted by Gasteiger charge is 2.31. The van der Waals surface area contributed by atoms with Crippen molar-refractivity contribution in [3.63, 3.8) is 0 Å². The molecule has 0 unspecified atom stereocenters. The number of nitrogens with one attached hydrogen (secondary N) is 1. The molecule has 2 atom stereocenters. The van der Waals surface area contributed by atoms with Crippen LogP contribution in [-0.2, 0) is 20.7 Å². The Hall–Kier alpha value is -2.37. The molecule has 0 aromatic heterocycles. The predicted octanol–water partition coefficient (Wildman–Crippen LogP) is 3.58. The molecule has 6 heteroatoms. The van der Waals surface area contributed by atoms with E-state index in [1.807, 2.05) is 44.2 Å². The van der Waals surface area contributed by atoms with E-state index in [1.54, 1.807) is 34.7 Å². The molecule has 2 amide bonds. The van der Waals surface area contributed by atoms with Crippen molar-refractivity contribution in [3.05, 3.63) is 35.9 Å². The molecule has 28 heavy (non-hydrogen) atoms. The molecule has 1 aromatic rings. The Morgan fingerprint density at radius 3 is 2.14 bits per heavy atom. The molecule has 156 valence electrons. The third-order valence-corrected chi connectivity index (χ3v) is 4.21. The van der Waals surface area contributed by atoms with E-state index in [1.165, 1.54) is 4.90 Å². The lowest BCUT2D eigenvalue weighted by Gasteiger charge is -2.31. The van der Waals surface area contributed by atoms with Crippen molar-refractivity contribution in [3.8, 4) is 0 Å². The van der Waals surface area contributed by atoms with Gasteiger partial charge in [-0.15, -0.1) is 0 Å². The molecule has 0 aliphatic rings. The Labute approximate surface area is 168 Å². The Kier molecular flexibility index (Phi) is 8.66. The zero-order valence-corrected chi connectivity index (χ0v) is 18.1. The van der Waals surface area contributed by atoms with Crippen LogP contribution >= 0.6 is 0 Å². The second-order valence-corrected chi connectivity index (χ2v) is 8.59. The Bertz CT molecular complexity index is 665. The second kappa shape index (κ2) is 10.2. The van der Waals surface area contributed by atoms with E-state index >= 15 is 0 Å². The van der Waals surface area contributed by atoms with Gasteiger partial charge in [-0.2, -0.15) is 0 Å². The molecule has 0 aliphatic heterocycles. The number of nitrogens with zero attached hydrogens (tertiary/aromatic N) is 1. The Morgan fingerprint density at radius 2 is 1.64 bits per heavy atom. The van der Waals surface area contributed by atoms with E-state index in [0.717, 1.165) is 5.56 Å². The van der Waals surface area contributed by atoms with Crippen LogP contribution in [0.2, 0.25) is 0 Å². The number of likely N-dealkylation sites (N-methyl/N-ethyl adjacent to an activating group) is 1. The van der Waals surface area contributed by atoms with E-state index in [4.69, 9.17) is 4.74 Å². The van der Waals surface area contributed by atoms with Gasteiger partial charge in [-0.05, 0) is 45.6 Å². The van der Waals surface area contributed by atoms with Gasteiger partial charge in [0, 0.05) is 13.5 Å². The molecule has 0 fully saturated rings. The first-order chi connectivity index (χ1) is 12.9. The summed E-state index contributed by atoms with van der Waals surface area (Å²) < 4.78 is 5.20. The highest BCUT2D eigenvalue weighted by atomic mass is 16.6. The molecule has 0 aliphatic carbocycles. The standard InChI is InChI=1S/C22H34N2O4/c1-15(2)13-18(19(25)14-17-11-9-8-10-12-17)24(7)20(26)16(3)23-21(27)28-22(4,5)6/h8-12,15-16,18H,13-14H2,1-7H3,(H,23,27)/t16-,18+/m1/s1. The van der Waals surface area contributed by atoms with Crippen LogP contribution in [0.5, 0.6) is 0 Å². The summed E-state index contributed by atoms with van der Waals surface area (Å²) in [6.07, 6.45) is 0.175. The Morgan fingerprint density at radius 1 is 1.07 bits per heavy atom. The quantitative estimate of drug-likeness (QED) is 0.736. The molecule has 1 aromatic carbocycles. The zero-order chi connectivity index (χ0) is 21.5. The molecule has 0 bridgehead atoms. The highest BCUT2D eigenvalue weighted by Crippen LogP contribution is 2.16. The van der Waals surface area contributed by atoms with Crippen molar-refractivity contribution < 1.29 is 19.1 Å². The summed E-state index contributed by atoms with van der Waals surface area (Å²) in [6, 6.07) is 8.15. The van der Waals surface area contributed by atoms with Crippen molar-refractivity contribution in [1.29, 1.82) is 0 Å². The van der Waals surface area contributed by atoms with E-state index in [9.17, 15) is 14.4 Å². The summed E-state index contributed by atoms with van der Waals surface area (Å²) in [5.41, 5.74) is 0.270. The SMILES string of the molecule is CC(C)C[C@@H](C(=O)Cc1ccccc1)N(C)C(=O)[C@@H](C)NC(=O)OC(C)(C)C. The maximum atomic E-state index is 12.9. The molecule has 6 nitrogen and oxygen atoms in total. The second-order valence-electron chi connectivity index (χ2n) is 8.59. The van der Waals surface area contributed by atoms with Gasteiger partial charge in [0.1, 0.15) is 11.6 Å². The van der Waals surface area contributed by atoms with Gasteiger partial charge in [0.2, 0.25) is 5.91 Å². The molecule has 1 rings (SSSR count). The zero-order valence-electron chi connectivity index (χ0n) is 18.1. The van der Waals surface area contributed by atoms with Crippen molar-refractivity contribution in [1.82, 2.24) is 10.2 Å². The first-order valence-corrected chi connectivity index (χ1v) is 9.73. The summed E-state index contributed by atoms with van der Waals surface area (Å²) >= 11 is 0. The van der Waals surface area contributed by atoms with E-state index in [-0.39, 0.29) is 24.0 Å². The molecule has 0 spiro atoms. The number of benzene rings is 1. The van der Waals surface area contributed by atoms with Gasteiger partial charge in [-0.3, -0.25) is 9.59 Å². The molecule has 1 N–H and O–H groups in total. The van der Waals surface area contributed by atoms with Gasteiger partial charge in [-0.25, -0.2) is 4.79 Å². The number of rotatable bonds is 8. The lowest BCUT2D eigenvalue weighted by atomic mass is 9.94. The fourth-order valence-electron chi connectivity index (χ4n) is 2.87. The number of amides is 2. The van der Waals surface area contributed by atoms with Crippen LogP contribution in [0.1, 0.15) is 53.5 Å². The summed E-state index contributed by atoms with van der Waals surface area (Å²) in [5, 5.41) is 2.55. The average Bonchev–Trinajstić information content (AvgIpc) is 2.57. The largest absolute Gasteiger partial charge is 0.444 e. The number of hydrogen-bond acceptors (Lipinski definition) is 4. The van der Waals surface area contributed by atoms with Gasteiger partial charge < -0.3 is 15.0 Å². The number of hydrogen-bond donors (Lipinski definition) is 1. The van der Waals surface area contributed by atoms with E-state index in [0.29, 0.717) is 6.42 Å². The maximum Gasteiger partial charge on any atom is 0.408 e. The van der Waals surface area contributed by atoms with Crippen LogP contribution < -0.4 is 5.32 Å². The molecule has 0 saturated carbocycles. The lowest BCUT2D eigenvalue weighted by molar-refractivity contribution is -0.139. The highest BCUT2D eigenvalue weighted by molar-refractivity contribution is 5.92. The van der Waals surface area contributed by atoms with Crippen molar-refractivity contribution in [2.24, 2.45) is 5.92 Å². The number of carbonyl (C=O) groups is 3. The van der Waals surface area contributed by atoms with Crippen LogP contribution in [-0.4, -0.2) is 47.4 Å². The predicted molar refractivity (Wildman–Crippen MR) is 110 cm³/mol. The van der Waals surface area contributed by atoms with Gasteiger partial charge in [0.25, 0.3) is 0 Å². The summed E-state index contributed by atoms with van der Waals surface area (Å²) in [4.78, 5) is 39.1. The van der Waals surface area contributed by atoms with Crippen LogP contribution in [0.25, 0.3) is 0 Å². The van der Waals surface area contributed by atoms with Crippen LogP contribution in [0.4, 0.5) is 4.79 Å². The first kappa shape index (κ1) is 23.7. The Balaban J connectivity index is 2.84. The topological polar surface area (TPSA) is 75.7 Å². The van der Waals surface area contributed by atoms with E-state index in [2.05, 4.69) is 5.32 Å². The number of carbonyl (C=O) groups excluding carboxylic acids is 3. The van der Waals surface area contributed by atoms with Gasteiger partial charge >= 0.3 is 6.09 Å². The fourth-order valence-corrected chi connectivity index (χ4v) is 2.87. The third-order valence-electron chi connectivity index (χ3n) is 4.21. The minimum atomic E-state index is -0.793. The minimum Gasteiger partial charge on any atom is -0.444 e. The molecule has 0 heterocycles. The normalized spacial score (nSPS) is 13.6. The smallest absolute Gasteiger partial charge is 0.408 e. The van der Waals surface area contributed by atoms with Crippen LogP contribution in [0.3, 0.4) is 0 Å². The number of alkyl carbamates (subject to hydrolysis) is 1. The summed E-state index contributed by atoms with van der Waals surface area (Å²) in [5.74, 6) is -0.0905. The number of Topliss-reactive ketones (excluding diaryl/α,β-unsaturated/α-hetero) is 1. The average molecular weight is 391 g/mol. The molecular formula is C22H34N2O4. The van der Waals surface area contributed by atoms with Crippen molar-refractivity contribution in [2.45, 2.75) is 72.1 Å². The monoisotopic (exact) mass is 390 g/mol. The minimum absolute atomic E-state index is 0.0137. The van der Waals surface area contributed by atoms with Crippen molar-refractivity contribution in [2.75, 3.05) is 7.05 Å². The van der Waals surface area contributed by atoms with Crippen LogP contribution in [0.15, 0.2) is 30.3 Å². The lowest BCUT2D eigenvalue weighted by Crippen LogP contribution is -2.52. The molecular weight excluding hydrogens is 356 g/mol. The molecule has 0 saturated heterocycles. The summed E-state index contributed by atoms with van der Waals surface area (Å²) in [7, 11) is 1.62. The van der Waals surface area contributed by atoms with Gasteiger partial charge in [-0.1, -0.05) is 44.2 Å². The number of ether oxygens (including phenoxy) is 1. The maximum absolute atomic E-state index is 12.9. The van der Waals surface area contributed by atoms with Gasteiger partial charge in [0.15, 0.2) is 5.78 Å². The van der Waals surface area contributed by atoms with Crippen molar-refractivity contribution >= 4 is 17.8 Å². The molecule has 0 radical (unpaired) electrons. The third kappa shape index (κ3) is 8.11. The van der Waals surface area contributed by atoms with Gasteiger partial charge in [0.05, 0.1) is 6.04 Å².